The second kappa shape index (κ2) is 10.8. The highest BCUT2D eigenvalue weighted by molar-refractivity contribution is 7.26. The van der Waals surface area contributed by atoms with E-state index in [1.807, 2.05) is 40.9 Å². The van der Waals surface area contributed by atoms with Crippen molar-refractivity contribution in [3.8, 4) is 50.6 Å². The first-order valence-corrected chi connectivity index (χ1v) is 16.9. The highest BCUT2D eigenvalue weighted by Crippen LogP contribution is 2.41. The lowest BCUT2D eigenvalue weighted by Crippen LogP contribution is -1.87. The van der Waals surface area contributed by atoms with Crippen LogP contribution in [-0.4, -0.2) is 0 Å². The van der Waals surface area contributed by atoms with Gasteiger partial charge in [-0.1, -0.05) is 84.9 Å². The number of hydrogen-bond acceptors (Lipinski definition) is 3. The summed E-state index contributed by atoms with van der Waals surface area (Å²) in [7, 11) is 0. The van der Waals surface area contributed by atoms with Gasteiger partial charge in [-0.15, -0.1) is 22.7 Å². The van der Waals surface area contributed by atoms with Gasteiger partial charge in [0.05, 0.1) is 11.6 Å². The minimum Gasteiger partial charge on any atom is -0.192 e. The Bertz CT molecular complexity index is 2520. The molecule has 0 fully saturated rings. The van der Waals surface area contributed by atoms with E-state index >= 15 is 0 Å². The number of rotatable bonds is 4. The van der Waals surface area contributed by atoms with Crippen molar-refractivity contribution < 1.29 is 0 Å². The van der Waals surface area contributed by atoms with Gasteiger partial charge in [0.2, 0.25) is 0 Å². The summed E-state index contributed by atoms with van der Waals surface area (Å²) in [6, 6.07) is 56.9. The molecule has 3 heteroatoms. The van der Waals surface area contributed by atoms with Crippen LogP contribution in [0, 0.1) is 11.3 Å². The van der Waals surface area contributed by atoms with Gasteiger partial charge in [-0.2, -0.15) is 5.26 Å². The van der Waals surface area contributed by atoms with E-state index in [-0.39, 0.29) is 0 Å². The fourth-order valence-corrected chi connectivity index (χ4v) is 8.74. The SMILES string of the molecule is N#Cc1cccc(-c2ccc(-c3cc(-c4ccc5sc6ccccc6c5c4)cc(-c4ccc5sc6ccccc6c5c4)c3)cc2)c1. The summed E-state index contributed by atoms with van der Waals surface area (Å²) in [5.74, 6) is 0. The molecule has 9 aromatic rings. The Hall–Kier alpha value is -5.53. The topological polar surface area (TPSA) is 23.8 Å². The molecule has 0 saturated carbocycles. The highest BCUT2D eigenvalue weighted by Gasteiger charge is 2.13. The molecule has 214 valence electrons. The quantitative estimate of drug-likeness (QED) is 0.192. The molecule has 2 heterocycles. The second-order valence-corrected chi connectivity index (χ2v) is 13.9. The summed E-state index contributed by atoms with van der Waals surface area (Å²) in [6.07, 6.45) is 0. The molecular weight excluding hydrogens is 595 g/mol. The monoisotopic (exact) mass is 619 g/mol. The average molecular weight is 620 g/mol. The van der Waals surface area contributed by atoms with Gasteiger partial charge < -0.3 is 0 Å². The molecule has 1 nitrogen and oxygen atoms in total. The molecule has 0 atom stereocenters. The fourth-order valence-electron chi connectivity index (χ4n) is 6.56. The number of nitrogens with zero attached hydrogens (tertiary/aromatic N) is 1. The summed E-state index contributed by atoms with van der Waals surface area (Å²) in [6.45, 7) is 0. The summed E-state index contributed by atoms with van der Waals surface area (Å²) in [4.78, 5) is 0. The zero-order valence-electron chi connectivity index (χ0n) is 24.7. The summed E-state index contributed by atoms with van der Waals surface area (Å²) in [5, 5.41) is 14.6. The van der Waals surface area contributed by atoms with Crippen LogP contribution in [0.1, 0.15) is 5.56 Å². The summed E-state index contributed by atoms with van der Waals surface area (Å²) in [5.41, 5.74) is 9.98. The van der Waals surface area contributed by atoms with Gasteiger partial charge in [0.15, 0.2) is 0 Å². The Morgan fingerprint density at radius 3 is 1.30 bits per heavy atom. The Morgan fingerprint density at radius 1 is 0.326 bits per heavy atom. The highest BCUT2D eigenvalue weighted by atomic mass is 32.1. The summed E-state index contributed by atoms with van der Waals surface area (Å²) >= 11 is 3.71. The standard InChI is InChI=1S/C43H25NS2/c44-26-27-6-5-7-30(20-27)28-12-14-29(15-13-28)33-21-34(31-16-18-42-38(24-31)36-8-1-3-10-40(36)45-42)23-35(22-33)32-17-19-43-39(25-32)37-9-2-4-11-41(37)46-43/h1-25H. The van der Waals surface area contributed by atoms with Gasteiger partial charge in [0.25, 0.3) is 0 Å². The van der Waals surface area contributed by atoms with Crippen molar-refractivity contribution >= 4 is 63.0 Å². The number of benzene rings is 7. The first-order valence-electron chi connectivity index (χ1n) is 15.3. The van der Waals surface area contributed by atoms with Gasteiger partial charge in [-0.3, -0.25) is 0 Å². The van der Waals surface area contributed by atoms with Gasteiger partial charge in [0, 0.05) is 40.3 Å². The molecule has 0 unspecified atom stereocenters. The van der Waals surface area contributed by atoms with Crippen molar-refractivity contribution in [1.82, 2.24) is 0 Å². The first-order chi connectivity index (χ1) is 22.7. The summed E-state index contributed by atoms with van der Waals surface area (Å²) < 4.78 is 5.26. The average Bonchev–Trinajstić information content (AvgIpc) is 3.69. The van der Waals surface area contributed by atoms with E-state index in [1.54, 1.807) is 0 Å². The van der Waals surface area contributed by atoms with E-state index in [9.17, 15) is 5.26 Å². The van der Waals surface area contributed by atoms with Crippen molar-refractivity contribution in [2.45, 2.75) is 0 Å². The van der Waals surface area contributed by atoms with Crippen LogP contribution in [0.3, 0.4) is 0 Å². The van der Waals surface area contributed by atoms with Crippen molar-refractivity contribution in [2.24, 2.45) is 0 Å². The Kier molecular flexibility index (Phi) is 6.31. The number of nitriles is 1. The van der Waals surface area contributed by atoms with Crippen LogP contribution in [0.5, 0.6) is 0 Å². The zero-order valence-corrected chi connectivity index (χ0v) is 26.3. The fraction of sp³-hybridized carbons (Fsp3) is 0. The van der Waals surface area contributed by atoms with E-state index < -0.39 is 0 Å². The van der Waals surface area contributed by atoms with Gasteiger partial charge in [0.1, 0.15) is 0 Å². The molecule has 0 saturated heterocycles. The van der Waals surface area contributed by atoms with E-state index in [0.717, 1.165) is 16.7 Å². The van der Waals surface area contributed by atoms with Gasteiger partial charge >= 0.3 is 0 Å². The van der Waals surface area contributed by atoms with Crippen molar-refractivity contribution in [3.63, 3.8) is 0 Å². The molecule has 9 rings (SSSR count). The van der Waals surface area contributed by atoms with Crippen molar-refractivity contribution in [3.05, 3.63) is 157 Å². The van der Waals surface area contributed by atoms with Crippen molar-refractivity contribution in [1.29, 1.82) is 5.26 Å². The normalized spacial score (nSPS) is 11.5. The maximum absolute atomic E-state index is 9.39. The largest absolute Gasteiger partial charge is 0.192 e. The minimum atomic E-state index is 0.671. The van der Waals surface area contributed by atoms with Gasteiger partial charge in [-0.05, 0) is 111 Å². The molecule has 0 aliphatic heterocycles. The van der Waals surface area contributed by atoms with Crippen LogP contribution in [0.2, 0.25) is 0 Å². The number of hydrogen-bond donors (Lipinski definition) is 0. The first kappa shape index (κ1) is 26.8. The molecule has 0 bridgehead atoms. The van der Waals surface area contributed by atoms with E-state index in [1.165, 1.54) is 68.2 Å². The molecule has 2 aromatic heterocycles. The number of thiophene rings is 2. The third-order valence-electron chi connectivity index (χ3n) is 8.90. The molecule has 46 heavy (non-hydrogen) atoms. The minimum absolute atomic E-state index is 0.671. The van der Waals surface area contributed by atoms with Crippen LogP contribution in [-0.2, 0) is 0 Å². The molecule has 0 aliphatic carbocycles. The van der Waals surface area contributed by atoms with Crippen LogP contribution in [0.25, 0.3) is 84.9 Å². The maximum Gasteiger partial charge on any atom is 0.0991 e. The van der Waals surface area contributed by atoms with Crippen LogP contribution >= 0.6 is 22.7 Å². The molecule has 0 radical (unpaired) electrons. The molecule has 0 amide bonds. The zero-order chi connectivity index (χ0) is 30.6. The maximum atomic E-state index is 9.39. The lowest BCUT2D eigenvalue weighted by Gasteiger charge is -2.13. The van der Waals surface area contributed by atoms with Crippen LogP contribution in [0.4, 0.5) is 0 Å². The lowest BCUT2D eigenvalue weighted by atomic mass is 9.91. The molecule has 0 aliphatic rings. The smallest absolute Gasteiger partial charge is 0.0991 e. The van der Waals surface area contributed by atoms with E-state index in [0.29, 0.717) is 5.56 Å². The molecule has 7 aromatic carbocycles. The Morgan fingerprint density at radius 2 is 0.761 bits per heavy atom. The Labute approximate surface area is 274 Å². The predicted molar refractivity (Wildman–Crippen MR) is 199 cm³/mol. The Balaban J connectivity index is 1.21. The molecular formula is C43H25NS2. The number of fused-ring (bicyclic) bond motifs is 6. The molecule has 0 spiro atoms. The lowest BCUT2D eigenvalue weighted by molar-refractivity contribution is 1.48. The van der Waals surface area contributed by atoms with Crippen LogP contribution < -0.4 is 0 Å². The van der Waals surface area contributed by atoms with Gasteiger partial charge in [-0.25, -0.2) is 0 Å². The van der Waals surface area contributed by atoms with Crippen molar-refractivity contribution in [2.75, 3.05) is 0 Å². The third-order valence-corrected chi connectivity index (χ3v) is 11.2. The van der Waals surface area contributed by atoms with E-state index in [2.05, 4.69) is 140 Å². The predicted octanol–water partition coefficient (Wildman–Crippen LogP) is 13.0. The van der Waals surface area contributed by atoms with E-state index in [4.69, 9.17) is 0 Å². The van der Waals surface area contributed by atoms with Crippen LogP contribution in [0.15, 0.2) is 152 Å². The second-order valence-electron chi connectivity index (χ2n) is 11.7. The molecule has 0 N–H and O–H groups in total. The third kappa shape index (κ3) is 4.59.